The predicted octanol–water partition coefficient (Wildman–Crippen LogP) is 0.634. The van der Waals surface area contributed by atoms with Gasteiger partial charge < -0.3 is 20.3 Å². The van der Waals surface area contributed by atoms with E-state index in [1.54, 1.807) is 6.07 Å². The number of carbonyl (C=O) groups is 2. The van der Waals surface area contributed by atoms with E-state index in [1.807, 2.05) is 26.0 Å². The van der Waals surface area contributed by atoms with E-state index in [4.69, 9.17) is 14.9 Å². The Kier molecular flexibility index (Phi) is 5.99. The maximum atomic E-state index is 11.5. The number of nitrogens with one attached hydrogen (secondary N) is 1. The molecule has 0 bridgehead atoms. The summed E-state index contributed by atoms with van der Waals surface area (Å²) in [6.07, 6.45) is -1.50. The molecule has 110 valence electrons. The third-order valence-corrected chi connectivity index (χ3v) is 2.71. The van der Waals surface area contributed by atoms with Crippen LogP contribution >= 0.6 is 0 Å². The number of carbonyl (C=O) groups excluding carboxylic acids is 1. The lowest BCUT2D eigenvalue weighted by molar-refractivity contribution is -0.147. The van der Waals surface area contributed by atoms with E-state index in [9.17, 15) is 9.59 Å². The monoisotopic (exact) mass is 281 g/mol. The zero-order valence-corrected chi connectivity index (χ0v) is 11.5. The molecule has 1 rings (SSSR count). The smallest absolute Gasteiger partial charge is 0.332 e. The average molecular weight is 281 g/mol. The van der Waals surface area contributed by atoms with Crippen molar-refractivity contribution in [3.63, 3.8) is 0 Å². The molecule has 6 heteroatoms. The topological polar surface area (TPSA) is 95.9 Å². The molecule has 1 amide bonds. The van der Waals surface area contributed by atoms with Crippen molar-refractivity contribution in [1.82, 2.24) is 5.32 Å². The second kappa shape index (κ2) is 7.49. The normalized spacial score (nSPS) is 11.8. The number of aliphatic hydroxyl groups is 1. The third kappa shape index (κ3) is 5.27. The Morgan fingerprint density at radius 2 is 2.05 bits per heavy atom. The van der Waals surface area contributed by atoms with E-state index >= 15 is 0 Å². The van der Waals surface area contributed by atoms with E-state index in [2.05, 4.69) is 5.32 Å². The Morgan fingerprint density at radius 3 is 2.65 bits per heavy atom. The van der Waals surface area contributed by atoms with Gasteiger partial charge in [0.2, 0.25) is 0 Å². The Labute approximate surface area is 117 Å². The van der Waals surface area contributed by atoms with Crippen molar-refractivity contribution < 1.29 is 24.5 Å². The molecule has 0 radical (unpaired) electrons. The largest absolute Gasteiger partial charge is 0.484 e. The van der Waals surface area contributed by atoms with Crippen LogP contribution in [0, 0.1) is 13.8 Å². The highest BCUT2D eigenvalue weighted by atomic mass is 16.5. The van der Waals surface area contributed by atoms with Crippen LogP contribution in [0.5, 0.6) is 5.75 Å². The van der Waals surface area contributed by atoms with E-state index in [0.717, 1.165) is 11.1 Å². The lowest BCUT2D eigenvalue weighted by Crippen LogP contribution is -2.33. The van der Waals surface area contributed by atoms with Gasteiger partial charge >= 0.3 is 5.97 Å². The third-order valence-electron chi connectivity index (χ3n) is 2.71. The Bertz CT molecular complexity index is 486. The van der Waals surface area contributed by atoms with Crippen molar-refractivity contribution in [1.29, 1.82) is 0 Å². The first-order valence-corrected chi connectivity index (χ1v) is 6.27. The van der Waals surface area contributed by atoms with E-state index in [-0.39, 0.29) is 25.5 Å². The number of aliphatic hydroxyl groups excluding tert-OH is 1. The molecule has 0 spiro atoms. The molecular weight excluding hydrogens is 262 g/mol. The van der Waals surface area contributed by atoms with Crippen LogP contribution in [-0.4, -0.2) is 41.3 Å². The van der Waals surface area contributed by atoms with Gasteiger partial charge in [0.1, 0.15) is 5.75 Å². The highest BCUT2D eigenvalue weighted by Crippen LogP contribution is 2.18. The second-order valence-corrected chi connectivity index (χ2v) is 4.55. The van der Waals surface area contributed by atoms with Gasteiger partial charge in [-0.1, -0.05) is 17.7 Å². The van der Waals surface area contributed by atoms with Crippen molar-refractivity contribution in [3.05, 3.63) is 29.3 Å². The number of amides is 1. The number of ether oxygens (including phenoxy) is 1. The molecular formula is C14H19NO5. The molecule has 0 heterocycles. The minimum atomic E-state index is -1.46. The molecule has 0 aliphatic carbocycles. The van der Waals surface area contributed by atoms with Crippen molar-refractivity contribution in [2.24, 2.45) is 0 Å². The molecule has 1 aromatic rings. The summed E-state index contributed by atoms with van der Waals surface area (Å²) in [4.78, 5) is 21.8. The van der Waals surface area contributed by atoms with Gasteiger partial charge in [-0.3, -0.25) is 4.79 Å². The van der Waals surface area contributed by atoms with Gasteiger partial charge in [-0.2, -0.15) is 0 Å². The predicted molar refractivity (Wildman–Crippen MR) is 72.7 cm³/mol. The summed E-state index contributed by atoms with van der Waals surface area (Å²) in [7, 11) is 0. The van der Waals surface area contributed by atoms with Crippen LogP contribution in [-0.2, 0) is 9.59 Å². The molecule has 20 heavy (non-hydrogen) atoms. The lowest BCUT2D eigenvalue weighted by Gasteiger charge is -2.10. The fourth-order valence-electron chi connectivity index (χ4n) is 1.63. The summed E-state index contributed by atoms with van der Waals surface area (Å²) in [5.74, 6) is -1.02. The first-order valence-electron chi connectivity index (χ1n) is 6.27. The summed E-state index contributed by atoms with van der Waals surface area (Å²) >= 11 is 0. The molecule has 0 saturated carbocycles. The standard InChI is InChI=1S/C14H19NO5/c1-9-3-4-12(10(2)7-9)20-8-13(17)15-6-5-11(16)14(18)19/h3-4,7,11,16H,5-6,8H2,1-2H3,(H,15,17)(H,18,19). The first kappa shape index (κ1) is 16.0. The quantitative estimate of drug-likeness (QED) is 0.681. The number of benzene rings is 1. The SMILES string of the molecule is Cc1ccc(OCC(=O)NCCC(O)C(=O)O)c(C)c1. The van der Waals surface area contributed by atoms with Crippen molar-refractivity contribution >= 4 is 11.9 Å². The molecule has 3 N–H and O–H groups in total. The summed E-state index contributed by atoms with van der Waals surface area (Å²) in [6, 6.07) is 5.64. The van der Waals surface area contributed by atoms with E-state index < -0.39 is 12.1 Å². The molecule has 0 aromatic heterocycles. The van der Waals surface area contributed by atoms with Gasteiger partial charge in [0, 0.05) is 13.0 Å². The molecule has 0 aliphatic rings. The first-order chi connectivity index (χ1) is 9.40. The minimum Gasteiger partial charge on any atom is -0.484 e. The Hall–Kier alpha value is -2.08. The van der Waals surface area contributed by atoms with Gasteiger partial charge in [-0.15, -0.1) is 0 Å². The number of carboxylic acid groups (broad SMARTS) is 1. The molecule has 0 saturated heterocycles. The van der Waals surface area contributed by atoms with Gasteiger partial charge in [0.15, 0.2) is 12.7 Å². The fraction of sp³-hybridized carbons (Fsp3) is 0.429. The lowest BCUT2D eigenvalue weighted by atomic mass is 10.1. The Morgan fingerprint density at radius 1 is 1.35 bits per heavy atom. The highest BCUT2D eigenvalue weighted by Gasteiger charge is 2.13. The number of hydrogen-bond donors (Lipinski definition) is 3. The van der Waals surface area contributed by atoms with Gasteiger partial charge in [-0.05, 0) is 25.5 Å². The van der Waals surface area contributed by atoms with Crippen LogP contribution in [0.25, 0.3) is 0 Å². The summed E-state index contributed by atoms with van der Waals surface area (Å²) in [6.45, 7) is 3.80. The van der Waals surface area contributed by atoms with E-state index in [0.29, 0.717) is 5.75 Å². The summed E-state index contributed by atoms with van der Waals surface area (Å²) in [5.41, 5.74) is 2.06. The van der Waals surface area contributed by atoms with Gasteiger partial charge in [0.05, 0.1) is 0 Å². The summed E-state index contributed by atoms with van der Waals surface area (Å²) < 4.78 is 5.37. The molecule has 1 aromatic carbocycles. The maximum absolute atomic E-state index is 11.5. The molecule has 1 unspecified atom stereocenters. The van der Waals surface area contributed by atoms with Crippen molar-refractivity contribution in [2.45, 2.75) is 26.4 Å². The number of hydrogen-bond acceptors (Lipinski definition) is 4. The summed E-state index contributed by atoms with van der Waals surface area (Å²) in [5, 5.41) is 20.0. The van der Waals surface area contributed by atoms with Crippen LogP contribution in [0.4, 0.5) is 0 Å². The number of rotatable bonds is 7. The Balaban J connectivity index is 2.31. The minimum absolute atomic E-state index is 0.0371. The van der Waals surface area contributed by atoms with Crippen LogP contribution in [0.15, 0.2) is 18.2 Å². The van der Waals surface area contributed by atoms with Crippen molar-refractivity contribution in [2.75, 3.05) is 13.2 Å². The highest BCUT2D eigenvalue weighted by molar-refractivity contribution is 5.77. The molecule has 6 nitrogen and oxygen atoms in total. The molecule has 0 aliphatic heterocycles. The number of aryl methyl sites for hydroxylation is 2. The maximum Gasteiger partial charge on any atom is 0.332 e. The molecule has 0 fully saturated rings. The second-order valence-electron chi connectivity index (χ2n) is 4.55. The van der Waals surface area contributed by atoms with E-state index in [1.165, 1.54) is 0 Å². The number of aliphatic carboxylic acids is 1. The van der Waals surface area contributed by atoms with Crippen LogP contribution in [0.3, 0.4) is 0 Å². The average Bonchev–Trinajstić information content (AvgIpc) is 2.37. The van der Waals surface area contributed by atoms with Crippen LogP contribution < -0.4 is 10.1 Å². The van der Waals surface area contributed by atoms with Crippen molar-refractivity contribution in [3.8, 4) is 5.75 Å². The zero-order valence-electron chi connectivity index (χ0n) is 11.5. The fourth-order valence-corrected chi connectivity index (χ4v) is 1.63. The van der Waals surface area contributed by atoms with Crippen LogP contribution in [0.1, 0.15) is 17.5 Å². The van der Waals surface area contributed by atoms with Gasteiger partial charge in [-0.25, -0.2) is 4.79 Å². The van der Waals surface area contributed by atoms with Gasteiger partial charge in [0.25, 0.3) is 5.91 Å². The zero-order chi connectivity index (χ0) is 15.1. The number of carboxylic acids is 1. The van der Waals surface area contributed by atoms with Crippen LogP contribution in [0.2, 0.25) is 0 Å². The molecule has 1 atom stereocenters.